The van der Waals surface area contributed by atoms with Crippen LogP contribution in [0.15, 0.2) is 24.3 Å². The number of nitrogens with one attached hydrogen (secondary N) is 1. The highest BCUT2D eigenvalue weighted by Crippen LogP contribution is 2.33. The molecule has 0 saturated carbocycles. The van der Waals surface area contributed by atoms with E-state index in [0.717, 1.165) is 43.6 Å². The Morgan fingerprint density at radius 2 is 1.95 bits per heavy atom. The predicted octanol–water partition coefficient (Wildman–Crippen LogP) is 2.75. The van der Waals surface area contributed by atoms with Gasteiger partial charge < -0.3 is 11.1 Å². The molecule has 0 amide bonds. The average Bonchev–Trinajstić information content (AvgIpc) is 2.40. The van der Waals surface area contributed by atoms with Gasteiger partial charge in [0.2, 0.25) is 0 Å². The summed E-state index contributed by atoms with van der Waals surface area (Å²) in [5.41, 5.74) is 6.11. The first-order valence-electron chi connectivity index (χ1n) is 6.60. The van der Waals surface area contributed by atoms with Crippen LogP contribution in [-0.2, 0) is 6.18 Å². The summed E-state index contributed by atoms with van der Waals surface area (Å²) < 4.78 is 37.6. The Labute approximate surface area is 111 Å². The number of alkyl halides is 3. The monoisotopic (exact) mass is 272 g/mol. The van der Waals surface area contributed by atoms with Crippen molar-refractivity contribution in [2.45, 2.75) is 24.9 Å². The first-order valence-corrected chi connectivity index (χ1v) is 6.60. The van der Waals surface area contributed by atoms with Gasteiger partial charge in [-0.3, -0.25) is 0 Å². The first-order chi connectivity index (χ1) is 9.02. The van der Waals surface area contributed by atoms with Crippen molar-refractivity contribution in [3.8, 4) is 0 Å². The van der Waals surface area contributed by atoms with Gasteiger partial charge in [0.25, 0.3) is 0 Å². The molecule has 0 aliphatic carbocycles. The predicted molar refractivity (Wildman–Crippen MR) is 68.8 cm³/mol. The number of rotatable bonds is 3. The average molecular weight is 272 g/mol. The number of hydrogen-bond donors (Lipinski definition) is 2. The fourth-order valence-electron chi connectivity index (χ4n) is 2.74. The molecule has 1 aromatic carbocycles. The highest BCUT2D eigenvalue weighted by molar-refractivity contribution is 5.28. The van der Waals surface area contributed by atoms with Gasteiger partial charge in [-0.1, -0.05) is 12.1 Å². The van der Waals surface area contributed by atoms with Crippen molar-refractivity contribution >= 4 is 0 Å². The maximum Gasteiger partial charge on any atom is 0.416 e. The van der Waals surface area contributed by atoms with Crippen LogP contribution in [0.1, 0.15) is 29.9 Å². The summed E-state index contributed by atoms with van der Waals surface area (Å²) in [7, 11) is 0. The van der Waals surface area contributed by atoms with Gasteiger partial charge in [-0.05, 0) is 56.1 Å². The van der Waals surface area contributed by atoms with Crippen LogP contribution in [0.3, 0.4) is 0 Å². The Morgan fingerprint density at radius 1 is 1.26 bits per heavy atom. The first kappa shape index (κ1) is 14.3. The van der Waals surface area contributed by atoms with Crippen molar-refractivity contribution in [1.82, 2.24) is 5.32 Å². The van der Waals surface area contributed by atoms with Crippen LogP contribution in [0, 0.1) is 5.92 Å². The molecule has 0 radical (unpaired) electrons. The lowest BCUT2D eigenvalue weighted by Gasteiger charge is -2.30. The van der Waals surface area contributed by atoms with Crippen LogP contribution in [-0.4, -0.2) is 19.6 Å². The molecule has 1 heterocycles. The summed E-state index contributed by atoms with van der Waals surface area (Å²) >= 11 is 0. The molecule has 19 heavy (non-hydrogen) atoms. The van der Waals surface area contributed by atoms with Crippen molar-refractivity contribution in [2.24, 2.45) is 11.7 Å². The quantitative estimate of drug-likeness (QED) is 0.888. The van der Waals surface area contributed by atoms with E-state index in [1.165, 1.54) is 0 Å². The highest BCUT2D eigenvalue weighted by atomic mass is 19.4. The molecule has 0 bridgehead atoms. The zero-order chi connectivity index (χ0) is 13.9. The van der Waals surface area contributed by atoms with Crippen molar-refractivity contribution in [2.75, 3.05) is 19.6 Å². The molecule has 2 unspecified atom stereocenters. The van der Waals surface area contributed by atoms with Gasteiger partial charge in [0.1, 0.15) is 0 Å². The lowest BCUT2D eigenvalue weighted by molar-refractivity contribution is -0.137. The third-order valence-corrected chi connectivity index (χ3v) is 3.82. The van der Waals surface area contributed by atoms with Crippen molar-refractivity contribution in [1.29, 1.82) is 0 Å². The maximum atomic E-state index is 12.5. The van der Waals surface area contributed by atoms with Crippen molar-refractivity contribution in [3.63, 3.8) is 0 Å². The molecular weight excluding hydrogens is 253 g/mol. The SMILES string of the molecule is NCC(c1ccc(C(F)(F)F)cc1)C1CCCNC1. The smallest absolute Gasteiger partial charge is 0.330 e. The zero-order valence-electron chi connectivity index (χ0n) is 10.7. The fourth-order valence-corrected chi connectivity index (χ4v) is 2.74. The van der Waals surface area contributed by atoms with E-state index in [1.807, 2.05) is 0 Å². The molecule has 106 valence electrons. The highest BCUT2D eigenvalue weighted by Gasteiger charge is 2.31. The number of benzene rings is 1. The summed E-state index contributed by atoms with van der Waals surface area (Å²) in [6.45, 7) is 2.38. The van der Waals surface area contributed by atoms with Gasteiger partial charge in [0.05, 0.1) is 5.56 Å². The minimum Gasteiger partial charge on any atom is -0.330 e. The molecule has 1 aliphatic rings. The Morgan fingerprint density at radius 3 is 2.42 bits per heavy atom. The van der Waals surface area contributed by atoms with E-state index in [9.17, 15) is 13.2 Å². The van der Waals surface area contributed by atoms with Crippen molar-refractivity contribution in [3.05, 3.63) is 35.4 Å². The lowest BCUT2D eigenvalue weighted by Crippen LogP contribution is -2.35. The normalized spacial score (nSPS) is 22.2. The maximum absolute atomic E-state index is 12.5. The third kappa shape index (κ3) is 3.48. The van der Waals surface area contributed by atoms with Gasteiger partial charge in [-0.25, -0.2) is 0 Å². The largest absolute Gasteiger partial charge is 0.416 e. The summed E-state index contributed by atoms with van der Waals surface area (Å²) in [6.07, 6.45) is -2.10. The topological polar surface area (TPSA) is 38.0 Å². The Hall–Kier alpha value is -1.07. The molecule has 1 aliphatic heterocycles. The standard InChI is InChI=1S/C14H19F3N2/c15-14(16,17)12-5-3-10(4-6-12)13(8-18)11-2-1-7-19-9-11/h3-6,11,13,19H,1-2,7-9,18H2. The second-order valence-corrected chi connectivity index (χ2v) is 5.07. The number of halogens is 3. The molecule has 1 saturated heterocycles. The molecule has 2 rings (SSSR count). The molecule has 2 atom stereocenters. The zero-order valence-corrected chi connectivity index (χ0v) is 10.7. The molecule has 3 N–H and O–H groups in total. The van der Waals surface area contributed by atoms with Gasteiger partial charge in [-0.15, -0.1) is 0 Å². The van der Waals surface area contributed by atoms with E-state index < -0.39 is 11.7 Å². The van der Waals surface area contributed by atoms with E-state index in [0.29, 0.717) is 12.5 Å². The van der Waals surface area contributed by atoms with Gasteiger partial charge in [0.15, 0.2) is 0 Å². The van der Waals surface area contributed by atoms with E-state index in [-0.39, 0.29) is 5.92 Å². The molecular formula is C14H19F3N2. The molecule has 2 nitrogen and oxygen atoms in total. The Balaban J connectivity index is 2.14. The van der Waals surface area contributed by atoms with Crippen LogP contribution >= 0.6 is 0 Å². The van der Waals surface area contributed by atoms with Gasteiger partial charge >= 0.3 is 6.18 Å². The Kier molecular flexibility index (Phi) is 4.47. The van der Waals surface area contributed by atoms with E-state index >= 15 is 0 Å². The van der Waals surface area contributed by atoms with E-state index in [4.69, 9.17) is 5.73 Å². The van der Waals surface area contributed by atoms with E-state index in [1.54, 1.807) is 12.1 Å². The minimum atomic E-state index is -4.27. The second-order valence-electron chi connectivity index (χ2n) is 5.07. The minimum absolute atomic E-state index is 0.134. The molecule has 5 heteroatoms. The lowest BCUT2D eigenvalue weighted by atomic mass is 9.81. The summed E-state index contributed by atoms with van der Waals surface area (Å²) in [5.74, 6) is 0.547. The summed E-state index contributed by atoms with van der Waals surface area (Å²) in [5, 5.41) is 3.32. The van der Waals surface area contributed by atoms with Crippen LogP contribution in [0.2, 0.25) is 0 Å². The summed E-state index contributed by atoms with van der Waals surface area (Å²) in [4.78, 5) is 0. The van der Waals surface area contributed by atoms with Crippen molar-refractivity contribution < 1.29 is 13.2 Å². The summed E-state index contributed by atoms with van der Waals surface area (Å²) in [6, 6.07) is 5.42. The molecule has 1 aromatic rings. The van der Waals surface area contributed by atoms with Crippen LogP contribution < -0.4 is 11.1 Å². The fraction of sp³-hybridized carbons (Fsp3) is 0.571. The van der Waals surface area contributed by atoms with Crippen LogP contribution in [0.25, 0.3) is 0 Å². The molecule has 0 aromatic heterocycles. The number of hydrogen-bond acceptors (Lipinski definition) is 2. The van der Waals surface area contributed by atoms with Gasteiger partial charge in [-0.2, -0.15) is 13.2 Å². The van der Waals surface area contributed by atoms with Gasteiger partial charge in [0, 0.05) is 5.92 Å². The van der Waals surface area contributed by atoms with Crippen LogP contribution in [0.4, 0.5) is 13.2 Å². The number of nitrogens with two attached hydrogens (primary N) is 1. The molecule has 1 fully saturated rings. The molecule has 0 spiro atoms. The second kappa shape index (κ2) is 5.92. The third-order valence-electron chi connectivity index (χ3n) is 3.82. The Bertz CT molecular complexity index is 394. The number of piperidine rings is 1. The van der Waals surface area contributed by atoms with E-state index in [2.05, 4.69) is 5.32 Å². The van der Waals surface area contributed by atoms with Crippen LogP contribution in [0.5, 0.6) is 0 Å².